The molecule has 1 rings (SSSR count). The summed E-state index contributed by atoms with van der Waals surface area (Å²) in [6, 6.07) is 0.964. The molecule has 0 fully saturated rings. The molecule has 0 aliphatic carbocycles. The van der Waals surface area contributed by atoms with Crippen LogP contribution in [0, 0.1) is 5.41 Å². The average Bonchev–Trinajstić information content (AvgIpc) is 2.16. The summed E-state index contributed by atoms with van der Waals surface area (Å²) in [7, 11) is 0. The molecule has 0 spiro atoms. The van der Waals surface area contributed by atoms with Gasteiger partial charge in [-0.05, 0) is 23.0 Å². The van der Waals surface area contributed by atoms with Crippen molar-refractivity contribution in [1.82, 2.24) is 4.57 Å². The second-order valence-corrected chi connectivity index (χ2v) is 6.33. The van der Waals surface area contributed by atoms with Crippen LogP contribution >= 0.6 is 0 Å². The number of halogens is 3. The molecule has 0 aliphatic heterocycles. The molecule has 19 heavy (non-hydrogen) atoms. The van der Waals surface area contributed by atoms with Crippen LogP contribution in [0.25, 0.3) is 0 Å². The number of hydrogen-bond donors (Lipinski definition) is 0. The van der Waals surface area contributed by atoms with Crippen LogP contribution < -0.4 is 5.56 Å². The van der Waals surface area contributed by atoms with Gasteiger partial charge in [-0.15, -0.1) is 0 Å². The molecule has 0 saturated heterocycles. The summed E-state index contributed by atoms with van der Waals surface area (Å²) < 4.78 is 39.9. The van der Waals surface area contributed by atoms with Crippen LogP contribution in [0.2, 0.25) is 0 Å². The number of pyridine rings is 1. The SMILES string of the molecule is CC(C)c1cc(C(F)(F)F)c(=O)n(CC(C)(C)C)c1. The topological polar surface area (TPSA) is 22.0 Å². The maximum atomic E-state index is 12.9. The molecule has 1 aromatic heterocycles. The van der Waals surface area contributed by atoms with Crippen LogP contribution in [0.15, 0.2) is 17.1 Å². The molecular weight excluding hydrogens is 255 g/mol. The van der Waals surface area contributed by atoms with Crippen molar-refractivity contribution in [2.24, 2.45) is 5.41 Å². The molecular formula is C14H20F3NO. The summed E-state index contributed by atoms with van der Waals surface area (Å²) in [5, 5.41) is 0. The number of nitrogens with zero attached hydrogens (tertiary/aromatic N) is 1. The maximum Gasteiger partial charge on any atom is 0.421 e. The third-order valence-electron chi connectivity index (χ3n) is 2.72. The first-order valence-corrected chi connectivity index (χ1v) is 6.23. The van der Waals surface area contributed by atoms with Crippen LogP contribution in [0.4, 0.5) is 13.2 Å². The fourth-order valence-electron chi connectivity index (χ4n) is 1.81. The normalized spacial score (nSPS) is 13.1. The monoisotopic (exact) mass is 275 g/mol. The first kappa shape index (κ1) is 15.8. The highest BCUT2D eigenvalue weighted by Crippen LogP contribution is 2.29. The summed E-state index contributed by atoms with van der Waals surface area (Å²) in [4.78, 5) is 11.9. The molecule has 0 aliphatic rings. The van der Waals surface area contributed by atoms with E-state index in [1.54, 1.807) is 13.8 Å². The fraction of sp³-hybridized carbons (Fsp3) is 0.643. The lowest BCUT2D eigenvalue weighted by molar-refractivity contribution is -0.139. The van der Waals surface area contributed by atoms with Gasteiger partial charge in [0.15, 0.2) is 0 Å². The van der Waals surface area contributed by atoms with Crippen molar-refractivity contribution in [2.75, 3.05) is 0 Å². The Morgan fingerprint density at radius 2 is 1.74 bits per heavy atom. The number of alkyl halides is 3. The van der Waals surface area contributed by atoms with Crippen LogP contribution in [0.5, 0.6) is 0 Å². The van der Waals surface area contributed by atoms with Gasteiger partial charge in [-0.1, -0.05) is 34.6 Å². The molecule has 5 heteroatoms. The average molecular weight is 275 g/mol. The van der Waals surface area contributed by atoms with E-state index < -0.39 is 17.3 Å². The highest BCUT2D eigenvalue weighted by Gasteiger charge is 2.35. The third kappa shape index (κ3) is 4.11. The van der Waals surface area contributed by atoms with E-state index in [0.29, 0.717) is 5.56 Å². The minimum absolute atomic E-state index is 0.0621. The molecule has 1 aromatic rings. The molecule has 2 nitrogen and oxygen atoms in total. The summed E-state index contributed by atoms with van der Waals surface area (Å²) in [6.45, 7) is 9.52. The van der Waals surface area contributed by atoms with Crippen molar-refractivity contribution in [3.63, 3.8) is 0 Å². The lowest BCUT2D eigenvalue weighted by Crippen LogP contribution is -2.32. The Kier molecular flexibility index (Phi) is 4.17. The second-order valence-electron chi connectivity index (χ2n) is 6.33. The van der Waals surface area contributed by atoms with Gasteiger partial charge in [0.05, 0.1) is 0 Å². The molecule has 108 valence electrons. The molecule has 0 N–H and O–H groups in total. The van der Waals surface area contributed by atoms with Gasteiger partial charge in [-0.25, -0.2) is 0 Å². The van der Waals surface area contributed by atoms with E-state index in [4.69, 9.17) is 0 Å². The zero-order chi connectivity index (χ0) is 15.0. The Labute approximate surface area is 111 Å². The summed E-state index contributed by atoms with van der Waals surface area (Å²) >= 11 is 0. The molecule has 0 saturated carbocycles. The van der Waals surface area contributed by atoms with Crippen LogP contribution in [0.1, 0.15) is 51.7 Å². The minimum atomic E-state index is -4.61. The van der Waals surface area contributed by atoms with Gasteiger partial charge in [0.25, 0.3) is 5.56 Å². The van der Waals surface area contributed by atoms with E-state index in [0.717, 1.165) is 6.07 Å². The largest absolute Gasteiger partial charge is 0.421 e. The molecule has 0 bridgehead atoms. The van der Waals surface area contributed by atoms with Crippen molar-refractivity contribution in [3.8, 4) is 0 Å². The van der Waals surface area contributed by atoms with E-state index >= 15 is 0 Å². The van der Waals surface area contributed by atoms with Gasteiger partial charge in [-0.2, -0.15) is 13.2 Å². The predicted octanol–water partition coefficient (Wildman–Crippen LogP) is 4.04. The summed E-state index contributed by atoms with van der Waals surface area (Å²) in [5.74, 6) is -0.0621. The zero-order valence-electron chi connectivity index (χ0n) is 11.9. The quantitative estimate of drug-likeness (QED) is 0.798. The van der Waals surface area contributed by atoms with Gasteiger partial charge in [0.2, 0.25) is 0 Å². The van der Waals surface area contributed by atoms with E-state index in [2.05, 4.69) is 0 Å². The predicted molar refractivity (Wildman–Crippen MR) is 69.2 cm³/mol. The lowest BCUT2D eigenvalue weighted by atomic mass is 9.96. The smallest absolute Gasteiger partial charge is 0.314 e. The fourth-order valence-corrected chi connectivity index (χ4v) is 1.81. The first-order chi connectivity index (χ1) is 8.42. The standard InChI is InChI=1S/C14H20F3NO/c1-9(2)10-6-11(14(15,16)17)12(19)18(7-10)8-13(3,4)5/h6-7,9H,8H2,1-5H3. The summed E-state index contributed by atoms with van der Waals surface area (Å²) in [5.41, 5.74) is -1.78. The lowest BCUT2D eigenvalue weighted by Gasteiger charge is -2.22. The van der Waals surface area contributed by atoms with Gasteiger partial charge < -0.3 is 4.57 Å². The third-order valence-corrected chi connectivity index (χ3v) is 2.72. The summed E-state index contributed by atoms with van der Waals surface area (Å²) in [6.07, 6.45) is -3.07. The highest BCUT2D eigenvalue weighted by molar-refractivity contribution is 5.24. The Morgan fingerprint density at radius 1 is 1.21 bits per heavy atom. The molecule has 0 radical (unpaired) electrons. The van der Waals surface area contributed by atoms with Crippen LogP contribution in [0.3, 0.4) is 0 Å². The highest BCUT2D eigenvalue weighted by atomic mass is 19.4. The van der Waals surface area contributed by atoms with E-state index in [1.165, 1.54) is 10.8 Å². The second kappa shape index (κ2) is 5.02. The molecule has 0 aromatic carbocycles. The van der Waals surface area contributed by atoms with E-state index in [-0.39, 0.29) is 17.9 Å². The molecule has 1 heterocycles. The number of hydrogen-bond acceptors (Lipinski definition) is 1. The zero-order valence-corrected chi connectivity index (χ0v) is 11.9. The Morgan fingerprint density at radius 3 is 2.11 bits per heavy atom. The number of aromatic nitrogens is 1. The van der Waals surface area contributed by atoms with Gasteiger partial charge >= 0.3 is 6.18 Å². The number of rotatable bonds is 2. The molecule has 0 amide bonds. The van der Waals surface area contributed by atoms with Crippen molar-refractivity contribution >= 4 is 0 Å². The molecule has 0 unspecified atom stereocenters. The van der Waals surface area contributed by atoms with Gasteiger partial charge in [0, 0.05) is 12.7 Å². The van der Waals surface area contributed by atoms with Crippen LogP contribution in [-0.4, -0.2) is 4.57 Å². The van der Waals surface area contributed by atoms with Gasteiger partial charge in [-0.3, -0.25) is 4.79 Å². The first-order valence-electron chi connectivity index (χ1n) is 6.23. The van der Waals surface area contributed by atoms with Crippen molar-refractivity contribution in [3.05, 3.63) is 33.7 Å². The molecule has 0 atom stereocenters. The minimum Gasteiger partial charge on any atom is -0.314 e. The van der Waals surface area contributed by atoms with Gasteiger partial charge in [0.1, 0.15) is 5.56 Å². The van der Waals surface area contributed by atoms with Crippen LogP contribution in [-0.2, 0) is 12.7 Å². The van der Waals surface area contributed by atoms with Crippen molar-refractivity contribution < 1.29 is 13.2 Å². The van der Waals surface area contributed by atoms with Crippen molar-refractivity contribution in [2.45, 2.75) is 53.3 Å². The Hall–Kier alpha value is -1.26. The Balaban J connectivity index is 3.47. The van der Waals surface area contributed by atoms with E-state index in [1.807, 2.05) is 20.8 Å². The van der Waals surface area contributed by atoms with Crippen molar-refractivity contribution in [1.29, 1.82) is 0 Å². The maximum absolute atomic E-state index is 12.9. The Bertz CT molecular complexity index is 507. The van der Waals surface area contributed by atoms with E-state index in [9.17, 15) is 18.0 Å².